The second kappa shape index (κ2) is 6.91. The van der Waals surface area contributed by atoms with Crippen LogP contribution in [-0.4, -0.2) is 25.8 Å². The fourth-order valence-electron chi connectivity index (χ4n) is 1.72. The van der Waals surface area contributed by atoms with E-state index in [2.05, 4.69) is 18.9 Å². The second-order valence-corrected chi connectivity index (χ2v) is 6.18. The fourth-order valence-corrected chi connectivity index (χ4v) is 2.66. The summed E-state index contributed by atoms with van der Waals surface area (Å²) in [6.45, 7) is 6.68. The van der Waals surface area contributed by atoms with Gasteiger partial charge in [-0.1, -0.05) is 13.8 Å². The first kappa shape index (κ1) is 14.4. The lowest BCUT2D eigenvalue weighted by molar-refractivity contribution is 0.426. The van der Waals surface area contributed by atoms with Gasteiger partial charge in [-0.3, -0.25) is 8.89 Å². The summed E-state index contributed by atoms with van der Waals surface area (Å²) in [5, 5.41) is 4.53. The van der Waals surface area contributed by atoms with E-state index < -0.39 is 10.8 Å². The molecule has 98 valence electrons. The molecule has 1 heterocycles. The molecule has 0 spiro atoms. The second-order valence-electron chi connectivity index (χ2n) is 4.33. The molecule has 1 aromatic rings. The third kappa shape index (κ3) is 3.92. The van der Waals surface area contributed by atoms with Gasteiger partial charge in [0.05, 0.1) is 17.5 Å². The molecular weight excluding hydrogens is 234 g/mol. The zero-order valence-corrected chi connectivity index (χ0v) is 11.7. The lowest BCUT2D eigenvalue weighted by Crippen LogP contribution is -2.23. The predicted octanol–water partition coefficient (Wildman–Crippen LogP) is 1.84. The van der Waals surface area contributed by atoms with Gasteiger partial charge in [-0.05, 0) is 25.8 Å². The van der Waals surface area contributed by atoms with Crippen LogP contribution in [0.25, 0.3) is 0 Å². The van der Waals surface area contributed by atoms with Crippen LogP contribution in [-0.2, 0) is 16.6 Å². The van der Waals surface area contributed by atoms with Gasteiger partial charge in [-0.25, -0.2) is 0 Å². The molecule has 2 atom stereocenters. The van der Waals surface area contributed by atoms with Crippen molar-refractivity contribution in [2.75, 3.05) is 6.54 Å². The maximum absolute atomic E-state index is 11.8. The highest BCUT2D eigenvalue weighted by Gasteiger charge is 2.13. The van der Waals surface area contributed by atoms with Gasteiger partial charge in [0.2, 0.25) is 0 Å². The maximum atomic E-state index is 11.8. The van der Waals surface area contributed by atoms with Crippen LogP contribution in [0.4, 0.5) is 0 Å². The molecular formula is C12H23N3OS. The number of aromatic nitrogens is 2. The Labute approximate surface area is 106 Å². The molecule has 0 amide bonds. The van der Waals surface area contributed by atoms with Crippen LogP contribution in [0.1, 0.15) is 45.3 Å². The highest BCUT2D eigenvalue weighted by atomic mass is 32.2. The van der Waals surface area contributed by atoms with Crippen LogP contribution in [0.3, 0.4) is 0 Å². The van der Waals surface area contributed by atoms with Gasteiger partial charge in [0.25, 0.3) is 0 Å². The van der Waals surface area contributed by atoms with Gasteiger partial charge in [-0.15, -0.1) is 0 Å². The minimum Gasteiger partial charge on any atom is -0.329 e. The highest BCUT2D eigenvalue weighted by molar-refractivity contribution is 7.84. The standard InChI is InChI=1S/C12H23N3OS/c1-4-12(5-2)15-7-6-11(14-15)9-17(16)10(3)8-13/h6-7,10,12H,4-5,8-9,13H2,1-3H3. The summed E-state index contributed by atoms with van der Waals surface area (Å²) in [4.78, 5) is 0. The molecule has 0 saturated carbocycles. The van der Waals surface area contributed by atoms with E-state index >= 15 is 0 Å². The third-order valence-corrected chi connectivity index (χ3v) is 4.72. The third-order valence-electron chi connectivity index (χ3n) is 3.05. The summed E-state index contributed by atoms with van der Waals surface area (Å²) in [5.41, 5.74) is 6.40. The highest BCUT2D eigenvalue weighted by Crippen LogP contribution is 2.15. The van der Waals surface area contributed by atoms with Crippen molar-refractivity contribution in [1.82, 2.24) is 9.78 Å². The molecule has 4 nitrogen and oxygen atoms in total. The molecule has 2 N–H and O–H groups in total. The molecule has 0 fully saturated rings. The summed E-state index contributed by atoms with van der Waals surface area (Å²) < 4.78 is 13.8. The lowest BCUT2D eigenvalue weighted by atomic mass is 10.2. The van der Waals surface area contributed by atoms with Crippen LogP contribution in [0.5, 0.6) is 0 Å². The van der Waals surface area contributed by atoms with Gasteiger partial charge < -0.3 is 5.73 Å². The van der Waals surface area contributed by atoms with Crippen LogP contribution < -0.4 is 5.73 Å². The lowest BCUT2D eigenvalue weighted by Gasteiger charge is -2.12. The molecule has 0 aromatic carbocycles. The minimum absolute atomic E-state index is 0.0355. The van der Waals surface area contributed by atoms with Gasteiger partial charge >= 0.3 is 0 Å². The predicted molar refractivity (Wildman–Crippen MR) is 72.2 cm³/mol. The smallest absolute Gasteiger partial charge is 0.0749 e. The molecule has 5 heteroatoms. The van der Waals surface area contributed by atoms with E-state index in [1.807, 2.05) is 23.9 Å². The van der Waals surface area contributed by atoms with Crippen LogP contribution in [0.15, 0.2) is 12.3 Å². The molecule has 0 bridgehead atoms. The summed E-state index contributed by atoms with van der Waals surface area (Å²) in [5.74, 6) is 0.505. The van der Waals surface area contributed by atoms with Gasteiger partial charge in [-0.2, -0.15) is 5.10 Å². The van der Waals surface area contributed by atoms with Crippen molar-refractivity contribution in [3.8, 4) is 0 Å². The summed E-state index contributed by atoms with van der Waals surface area (Å²) in [6.07, 6.45) is 4.12. The number of hydrogen-bond donors (Lipinski definition) is 1. The van der Waals surface area contributed by atoms with Gasteiger partial charge in [0.1, 0.15) is 0 Å². The van der Waals surface area contributed by atoms with Gasteiger partial charge in [0, 0.05) is 28.8 Å². The molecule has 1 rings (SSSR count). The van der Waals surface area contributed by atoms with Crippen molar-refractivity contribution in [3.63, 3.8) is 0 Å². The Morgan fingerprint density at radius 3 is 2.65 bits per heavy atom. The topological polar surface area (TPSA) is 60.9 Å². The number of rotatable bonds is 7. The summed E-state index contributed by atoms with van der Waals surface area (Å²) in [6, 6.07) is 2.41. The Bertz CT molecular complexity index is 360. The molecule has 0 aliphatic heterocycles. The van der Waals surface area contributed by atoms with Crippen LogP contribution in [0, 0.1) is 0 Å². The molecule has 0 saturated heterocycles. The van der Waals surface area contributed by atoms with Crippen molar-refractivity contribution >= 4 is 10.8 Å². The van der Waals surface area contributed by atoms with E-state index in [1.54, 1.807) is 0 Å². The largest absolute Gasteiger partial charge is 0.329 e. The molecule has 0 aliphatic rings. The Kier molecular flexibility index (Phi) is 5.85. The van der Waals surface area contributed by atoms with E-state index in [9.17, 15) is 4.21 Å². The Hall–Kier alpha value is -0.680. The van der Waals surface area contributed by atoms with Gasteiger partial charge in [0.15, 0.2) is 0 Å². The normalized spacial score (nSPS) is 15.1. The minimum atomic E-state index is -0.920. The molecule has 1 aromatic heterocycles. The SMILES string of the molecule is CCC(CC)n1ccc(CS(=O)C(C)CN)n1. The first-order valence-electron chi connectivity index (χ1n) is 6.23. The Morgan fingerprint density at radius 2 is 2.12 bits per heavy atom. The zero-order chi connectivity index (χ0) is 12.8. The van der Waals surface area contributed by atoms with Crippen molar-refractivity contribution in [1.29, 1.82) is 0 Å². The van der Waals surface area contributed by atoms with E-state index in [-0.39, 0.29) is 5.25 Å². The fraction of sp³-hybridized carbons (Fsp3) is 0.750. The first-order valence-corrected chi connectivity index (χ1v) is 7.61. The van der Waals surface area contributed by atoms with Crippen molar-refractivity contribution < 1.29 is 4.21 Å². The number of hydrogen-bond acceptors (Lipinski definition) is 3. The summed E-state index contributed by atoms with van der Waals surface area (Å²) in [7, 11) is -0.920. The van der Waals surface area contributed by atoms with E-state index in [0.29, 0.717) is 18.3 Å². The summed E-state index contributed by atoms with van der Waals surface area (Å²) >= 11 is 0. The number of nitrogens with two attached hydrogens (primary N) is 1. The van der Waals surface area contributed by atoms with Crippen molar-refractivity contribution in [3.05, 3.63) is 18.0 Å². The monoisotopic (exact) mass is 257 g/mol. The molecule has 17 heavy (non-hydrogen) atoms. The molecule has 0 aliphatic carbocycles. The average molecular weight is 257 g/mol. The Balaban J connectivity index is 2.65. The van der Waals surface area contributed by atoms with E-state index in [4.69, 9.17) is 5.73 Å². The average Bonchev–Trinajstić information content (AvgIpc) is 2.78. The van der Waals surface area contributed by atoms with Crippen molar-refractivity contribution in [2.45, 2.75) is 50.7 Å². The number of nitrogens with zero attached hydrogens (tertiary/aromatic N) is 2. The first-order chi connectivity index (χ1) is 8.12. The van der Waals surface area contributed by atoms with Crippen LogP contribution in [0.2, 0.25) is 0 Å². The quantitative estimate of drug-likeness (QED) is 0.811. The van der Waals surface area contributed by atoms with E-state index in [1.165, 1.54) is 0 Å². The van der Waals surface area contributed by atoms with E-state index in [0.717, 1.165) is 18.5 Å². The van der Waals surface area contributed by atoms with Crippen LogP contribution >= 0.6 is 0 Å². The maximum Gasteiger partial charge on any atom is 0.0749 e. The van der Waals surface area contributed by atoms with Crippen molar-refractivity contribution in [2.24, 2.45) is 5.73 Å². The zero-order valence-electron chi connectivity index (χ0n) is 10.9. The Morgan fingerprint density at radius 1 is 1.47 bits per heavy atom. The molecule has 0 radical (unpaired) electrons. The molecule has 2 unspecified atom stereocenters.